The minimum atomic E-state index is 0.482. The molecular formula is C14H12N2O. The van der Waals surface area contributed by atoms with Gasteiger partial charge in [-0.05, 0) is 42.0 Å². The fraction of sp³-hybridized carbons (Fsp3) is 0.0714. The zero-order chi connectivity index (χ0) is 12.1. The van der Waals surface area contributed by atoms with Crippen LogP contribution in [0.2, 0.25) is 0 Å². The van der Waals surface area contributed by atoms with E-state index >= 15 is 0 Å². The van der Waals surface area contributed by atoms with Gasteiger partial charge in [0, 0.05) is 5.69 Å². The fourth-order valence-electron chi connectivity index (χ4n) is 1.41. The Bertz CT molecular complexity index is 524. The number of rotatable bonds is 3. The maximum absolute atomic E-state index is 8.67. The number of nitrogen functional groups attached to an aromatic ring is 1. The Morgan fingerprint density at radius 3 is 2.24 bits per heavy atom. The van der Waals surface area contributed by atoms with Crippen molar-refractivity contribution in [2.24, 2.45) is 0 Å². The molecule has 84 valence electrons. The van der Waals surface area contributed by atoms with Crippen molar-refractivity contribution in [3.63, 3.8) is 0 Å². The molecule has 17 heavy (non-hydrogen) atoms. The highest BCUT2D eigenvalue weighted by atomic mass is 16.5. The second-order valence-corrected chi connectivity index (χ2v) is 3.67. The monoisotopic (exact) mass is 224 g/mol. The molecule has 0 aliphatic rings. The van der Waals surface area contributed by atoms with E-state index < -0.39 is 0 Å². The molecule has 2 rings (SSSR count). The van der Waals surface area contributed by atoms with Crippen LogP contribution >= 0.6 is 0 Å². The topological polar surface area (TPSA) is 59.0 Å². The number of benzene rings is 2. The lowest BCUT2D eigenvalue weighted by Crippen LogP contribution is -1.95. The number of nitrogens with two attached hydrogens (primary N) is 1. The summed E-state index contributed by atoms with van der Waals surface area (Å²) in [5, 5.41) is 8.67. The molecule has 0 radical (unpaired) electrons. The molecule has 3 heteroatoms. The summed E-state index contributed by atoms with van der Waals surface area (Å²) in [4.78, 5) is 0. The van der Waals surface area contributed by atoms with Gasteiger partial charge in [0.05, 0.1) is 11.6 Å². The molecule has 2 aromatic carbocycles. The fourth-order valence-corrected chi connectivity index (χ4v) is 1.41. The van der Waals surface area contributed by atoms with Gasteiger partial charge in [-0.2, -0.15) is 5.26 Å². The van der Waals surface area contributed by atoms with Crippen LogP contribution in [0.1, 0.15) is 11.1 Å². The third kappa shape index (κ3) is 2.99. The average molecular weight is 224 g/mol. The van der Waals surface area contributed by atoms with E-state index in [2.05, 4.69) is 6.07 Å². The standard InChI is InChI=1S/C14H12N2O/c15-9-11-1-3-12(4-2-11)10-17-14-7-5-13(16)6-8-14/h1-8H,10,16H2. The van der Waals surface area contributed by atoms with Crippen molar-refractivity contribution >= 4 is 5.69 Å². The Kier molecular flexibility index (Phi) is 3.27. The lowest BCUT2D eigenvalue weighted by atomic mass is 10.2. The summed E-state index contributed by atoms with van der Waals surface area (Å²) in [5.41, 5.74) is 7.98. The van der Waals surface area contributed by atoms with E-state index in [1.165, 1.54) is 0 Å². The van der Waals surface area contributed by atoms with Crippen LogP contribution in [-0.2, 0) is 6.61 Å². The molecule has 2 N–H and O–H groups in total. The highest BCUT2D eigenvalue weighted by molar-refractivity contribution is 5.41. The van der Waals surface area contributed by atoms with Gasteiger partial charge < -0.3 is 10.5 Å². The van der Waals surface area contributed by atoms with Crippen molar-refractivity contribution in [3.05, 3.63) is 59.7 Å². The third-order valence-electron chi connectivity index (χ3n) is 2.37. The van der Waals surface area contributed by atoms with Gasteiger partial charge in [0.1, 0.15) is 12.4 Å². The summed E-state index contributed by atoms with van der Waals surface area (Å²) in [5.74, 6) is 0.781. The first-order valence-corrected chi connectivity index (χ1v) is 5.25. The second-order valence-electron chi connectivity index (χ2n) is 3.67. The smallest absolute Gasteiger partial charge is 0.119 e. The minimum Gasteiger partial charge on any atom is -0.489 e. The minimum absolute atomic E-state index is 0.482. The molecule has 0 heterocycles. The highest BCUT2D eigenvalue weighted by Crippen LogP contribution is 2.15. The van der Waals surface area contributed by atoms with E-state index in [0.717, 1.165) is 17.0 Å². The van der Waals surface area contributed by atoms with Crippen LogP contribution < -0.4 is 10.5 Å². The first kappa shape index (κ1) is 11.0. The summed E-state index contributed by atoms with van der Waals surface area (Å²) in [7, 11) is 0. The predicted molar refractivity (Wildman–Crippen MR) is 66.3 cm³/mol. The third-order valence-corrected chi connectivity index (χ3v) is 2.37. The van der Waals surface area contributed by atoms with E-state index in [9.17, 15) is 0 Å². The average Bonchev–Trinajstić information content (AvgIpc) is 2.39. The van der Waals surface area contributed by atoms with Gasteiger partial charge in [0.15, 0.2) is 0 Å². The van der Waals surface area contributed by atoms with Crippen LogP contribution in [0.3, 0.4) is 0 Å². The van der Waals surface area contributed by atoms with E-state index in [1.807, 2.05) is 24.3 Å². The van der Waals surface area contributed by atoms with Crippen molar-refractivity contribution in [3.8, 4) is 11.8 Å². The summed E-state index contributed by atoms with van der Waals surface area (Å²) in [6, 6.07) is 16.7. The number of ether oxygens (including phenoxy) is 1. The van der Waals surface area contributed by atoms with E-state index in [4.69, 9.17) is 15.7 Å². The number of hydrogen-bond acceptors (Lipinski definition) is 3. The molecule has 0 saturated carbocycles. The van der Waals surface area contributed by atoms with Gasteiger partial charge in [-0.15, -0.1) is 0 Å². The summed E-state index contributed by atoms with van der Waals surface area (Å²) < 4.78 is 5.58. The SMILES string of the molecule is N#Cc1ccc(COc2ccc(N)cc2)cc1. The van der Waals surface area contributed by atoms with Crippen molar-refractivity contribution in [1.82, 2.24) is 0 Å². The number of anilines is 1. The van der Waals surface area contributed by atoms with Crippen molar-refractivity contribution < 1.29 is 4.74 Å². The van der Waals surface area contributed by atoms with Crippen LogP contribution in [0.15, 0.2) is 48.5 Å². The summed E-state index contributed by atoms with van der Waals surface area (Å²) in [6.45, 7) is 0.482. The van der Waals surface area contributed by atoms with E-state index in [1.54, 1.807) is 24.3 Å². The molecule has 3 nitrogen and oxygen atoms in total. The number of nitriles is 1. The molecule has 0 fully saturated rings. The largest absolute Gasteiger partial charge is 0.489 e. The van der Waals surface area contributed by atoms with E-state index in [0.29, 0.717) is 12.2 Å². The lowest BCUT2D eigenvalue weighted by molar-refractivity contribution is 0.306. The Hall–Kier alpha value is -2.47. The van der Waals surface area contributed by atoms with Crippen LogP contribution in [0, 0.1) is 11.3 Å². The molecular weight excluding hydrogens is 212 g/mol. The first-order valence-electron chi connectivity index (χ1n) is 5.25. The summed E-state index contributed by atoms with van der Waals surface area (Å²) >= 11 is 0. The maximum Gasteiger partial charge on any atom is 0.119 e. The van der Waals surface area contributed by atoms with Crippen molar-refractivity contribution in [2.45, 2.75) is 6.61 Å². The zero-order valence-electron chi connectivity index (χ0n) is 9.26. The van der Waals surface area contributed by atoms with E-state index in [-0.39, 0.29) is 0 Å². The highest BCUT2D eigenvalue weighted by Gasteiger charge is 1.96. The van der Waals surface area contributed by atoms with Gasteiger partial charge in [-0.3, -0.25) is 0 Å². The molecule has 0 aliphatic carbocycles. The van der Waals surface area contributed by atoms with Crippen LogP contribution in [-0.4, -0.2) is 0 Å². The first-order chi connectivity index (χ1) is 8.28. The Balaban J connectivity index is 1.98. The van der Waals surface area contributed by atoms with Gasteiger partial charge in [0.2, 0.25) is 0 Å². The number of hydrogen-bond donors (Lipinski definition) is 1. The van der Waals surface area contributed by atoms with Gasteiger partial charge in [-0.25, -0.2) is 0 Å². The molecule has 2 aromatic rings. The normalized spacial score (nSPS) is 9.59. The molecule has 0 spiro atoms. The van der Waals surface area contributed by atoms with Crippen molar-refractivity contribution in [2.75, 3.05) is 5.73 Å². The van der Waals surface area contributed by atoms with Gasteiger partial charge in [0.25, 0.3) is 0 Å². The van der Waals surface area contributed by atoms with Gasteiger partial charge in [-0.1, -0.05) is 12.1 Å². The molecule has 0 saturated heterocycles. The molecule has 0 atom stereocenters. The van der Waals surface area contributed by atoms with Crippen LogP contribution in [0.5, 0.6) is 5.75 Å². The van der Waals surface area contributed by atoms with Crippen LogP contribution in [0.4, 0.5) is 5.69 Å². The van der Waals surface area contributed by atoms with Crippen molar-refractivity contribution in [1.29, 1.82) is 5.26 Å². The number of nitrogens with zero attached hydrogens (tertiary/aromatic N) is 1. The maximum atomic E-state index is 8.67. The van der Waals surface area contributed by atoms with Crippen LogP contribution in [0.25, 0.3) is 0 Å². The summed E-state index contributed by atoms with van der Waals surface area (Å²) in [6.07, 6.45) is 0. The Morgan fingerprint density at radius 1 is 1.00 bits per heavy atom. The molecule has 0 unspecified atom stereocenters. The second kappa shape index (κ2) is 5.04. The Labute approximate surface area is 100 Å². The molecule has 0 aliphatic heterocycles. The zero-order valence-corrected chi connectivity index (χ0v) is 9.26. The lowest BCUT2D eigenvalue weighted by Gasteiger charge is -2.06. The molecule has 0 aromatic heterocycles. The Morgan fingerprint density at radius 2 is 1.65 bits per heavy atom. The predicted octanol–water partition coefficient (Wildman–Crippen LogP) is 2.72. The molecule has 0 bridgehead atoms. The van der Waals surface area contributed by atoms with Gasteiger partial charge >= 0.3 is 0 Å². The molecule has 0 amide bonds. The quantitative estimate of drug-likeness (QED) is 0.815.